The van der Waals surface area contributed by atoms with E-state index in [1.165, 1.54) is 25.7 Å². The number of thiocarbonyl (C=S) groups is 1. The van der Waals surface area contributed by atoms with Crippen molar-refractivity contribution < 1.29 is 4.74 Å². The first-order chi connectivity index (χ1) is 14.2. The molecule has 2 fully saturated rings. The molecule has 0 bridgehead atoms. The molecule has 1 saturated carbocycles. The topological polar surface area (TPSA) is 62.3 Å². The Morgan fingerprint density at radius 1 is 1.07 bits per heavy atom. The van der Waals surface area contributed by atoms with E-state index in [0.717, 1.165) is 43.4 Å². The second kappa shape index (κ2) is 9.39. The third-order valence-corrected chi connectivity index (χ3v) is 5.90. The first-order valence-electron chi connectivity index (χ1n) is 10.6. The zero-order valence-electron chi connectivity index (χ0n) is 16.9. The smallest absolute Gasteiger partial charge is 0.234 e. The van der Waals surface area contributed by atoms with Gasteiger partial charge in [-0.05, 0) is 56.0 Å². The van der Waals surface area contributed by atoms with Crippen LogP contribution >= 0.6 is 12.2 Å². The fourth-order valence-corrected chi connectivity index (χ4v) is 4.18. The number of hydrogen-bond donors (Lipinski definition) is 2. The van der Waals surface area contributed by atoms with Crippen LogP contribution in [0.25, 0.3) is 0 Å². The largest absolute Gasteiger partial charge is 0.439 e. The van der Waals surface area contributed by atoms with E-state index in [4.69, 9.17) is 21.9 Å². The van der Waals surface area contributed by atoms with Gasteiger partial charge in [0.05, 0.1) is 0 Å². The number of benzene rings is 1. The summed E-state index contributed by atoms with van der Waals surface area (Å²) in [7, 11) is 0. The van der Waals surface area contributed by atoms with Crippen LogP contribution in [0.4, 0.5) is 11.8 Å². The molecule has 4 rings (SSSR count). The normalized spacial score (nSPS) is 17.9. The monoisotopic (exact) mass is 411 g/mol. The van der Waals surface area contributed by atoms with Crippen LogP contribution in [0.15, 0.2) is 36.4 Å². The molecular weight excluding hydrogens is 382 g/mol. The number of ether oxygens (including phenoxy) is 1. The Morgan fingerprint density at radius 3 is 2.52 bits per heavy atom. The maximum absolute atomic E-state index is 6.01. The molecule has 2 aromatic rings. The number of aromatic nitrogens is 2. The van der Waals surface area contributed by atoms with Crippen LogP contribution in [0.5, 0.6) is 11.6 Å². The van der Waals surface area contributed by atoms with Gasteiger partial charge >= 0.3 is 0 Å². The average molecular weight is 412 g/mol. The highest BCUT2D eigenvalue weighted by molar-refractivity contribution is 7.80. The van der Waals surface area contributed by atoms with E-state index in [0.29, 0.717) is 23.0 Å². The fraction of sp³-hybridized carbons (Fsp3) is 0.500. The van der Waals surface area contributed by atoms with Gasteiger partial charge < -0.3 is 20.3 Å². The Kier molecular flexibility index (Phi) is 6.44. The number of rotatable bonds is 5. The molecular formula is C22H29N5OS. The molecule has 2 N–H and O–H groups in total. The van der Waals surface area contributed by atoms with Crippen molar-refractivity contribution in [3.8, 4) is 11.6 Å². The maximum atomic E-state index is 6.01. The molecule has 29 heavy (non-hydrogen) atoms. The Hall–Kier alpha value is -2.41. The van der Waals surface area contributed by atoms with Crippen LogP contribution in [-0.4, -0.2) is 34.2 Å². The van der Waals surface area contributed by atoms with Crippen molar-refractivity contribution in [2.45, 2.75) is 51.5 Å². The van der Waals surface area contributed by atoms with Crippen LogP contribution in [0.2, 0.25) is 0 Å². The lowest BCUT2D eigenvalue weighted by molar-refractivity contribution is 0.434. The highest BCUT2D eigenvalue weighted by Gasteiger charge is 2.20. The number of nitrogens with one attached hydrogen (secondary N) is 2. The number of hydrogen-bond acceptors (Lipinski definition) is 5. The van der Waals surface area contributed by atoms with Crippen LogP contribution < -0.4 is 20.3 Å². The number of nitrogens with zero attached hydrogens (tertiary/aromatic N) is 3. The van der Waals surface area contributed by atoms with E-state index in [2.05, 4.69) is 27.4 Å². The molecule has 1 saturated heterocycles. The predicted octanol–water partition coefficient (Wildman–Crippen LogP) is 4.73. The van der Waals surface area contributed by atoms with Crippen molar-refractivity contribution in [1.82, 2.24) is 15.3 Å². The summed E-state index contributed by atoms with van der Waals surface area (Å²) in [6, 6.07) is 12.1. The van der Waals surface area contributed by atoms with Crippen LogP contribution in [0.3, 0.4) is 0 Å². The van der Waals surface area contributed by atoms with Gasteiger partial charge in [-0.25, -0.2) is 0 Å². The number of anilines is 2. The molecule has 2 aliphatic rings. The van der Waals surface area contributed by atoms with Gasteiger partial charge in [0.25, 0.3) is 0 Å². The fourth-order valence-electron chi connectivity index (χ4n) is 3.92. The van der Waals surface area contributed by atoms with E-state index in [1.54, 1.807) is 0 Å². The van der Waals surface area contributed by atoms with Gasteiger partial charge in [-0.2, -0.15) is 9.97 Å². The summed E-state index contributed by atoms with van der Waals surface area (Å²) in [5.74, 6) is 3.38. The van der Waals surface area contributed by atoms with E-state index in [1.807, 2.05) is 36.4 Å². The van der Waals surface area contributed by atoms with Crippen molar-refractivity contribution in [2.75, 3.05) is 23.3 Å². The zero-order valence-corrected chi connectivity index (χ0v) is 17.8. The molecule has 1 aromatic carbocycles. The van der Waals surface area contributed by atoms with Crippen molar-refractivity contribution in [3.63, 3.8) is 0 Å². The molecule has 0 unspecified atom stereocenters. The van der Waals surface area contributed by atoms with Crippen LogP contribution in [0, 0.1) is 5.92 Å². The molecule has 1 aromatic heterocycles. The summed E-state index contributed by atoms with van der Waals surface area (Å²) in [5, 5.41) is 7.14. The van der Waals surface area contributed by atoms with Gasteiger partial charge in [-0.15, -0.1) is 0 Å². The minimum Gasteiger partial charge on any atom is -0.439 e. The molecule has 0 spiro atoms. The van der Waals surface area contributed by atoms with Crippen molar-refractivity contribution in [3.05, 3.63) is 36.4 Å². The zero-order chi connectivity index (χ0) is 20.1. The van der Waals surface area contributed by atoms with Crippen molar-refractivity contribution in [1.29, 1.82) is 0 Å². The first kappa shape index (κ1) is 19.9. The third-order valence-electron chi connectivity index (χ3n) is 5.68. The minimum absolute atomic E-state index is 0.446. The molecule has 1 aliphatic carbocycles. The summed E-state index contributed by atoms with van der Waals surface area (Å²) >= 11 is 5.50. The first-order valence-corrected chi connectivity index (χ1v) is 11.0. The van der Waals surface area contributed by atoms with Crippen LogP contribution in [0.1, 0.15) is 45.4 Å². The van der Waals surface area contributed by atoms with Gasteiger partial charge in [-0.1, -0.05) is 38.0 Å². The van der Waals surface area contributed by atoms with Gasteiger partial charge in [0.15, 0.2) is 5.11 Å². The van der Waals surface area contributed by atoms with E-state index >= 15 is 0 Å². The lowest BCUT2D eigenvalue weighted by Crippen LogP contribution is -2.37. The average Bonchev–Trinajstić information content (AvgIpc) is 3.22. The summed E-state index contributed by atoms with van der Waals surface area (Å²) < 4.78 is 6.01. The maximum Gasteiger partial charge on any atom is 0.234 e. The van der Waals surface area contributed by atoms with Gasteiger partial charge in [-0.3, -0.25) is 0 Å². The summed E-state index contributed by atoms with van der Waals surface area (Å²) in [5.41, 5.74) is 0. The van der Waals surface area contributed by atoms with E-state index < -0.39 is 0 Å². The third kappa shape index (κ3) is 5.56. The Balaban J connectivity index is 1.52. The highest BCUT2D eigenvalue weighted by Crippen LogP contribution is 2.27. The minimum atomic E-state index is 0.446. The summed E-state index contributed by atoms with van der Waals surface area (Å²) in [4.78, 5) is 11.6. The quantitative estimate of drug-likeness (QED) is 0.689. The molecule has 0 radical (unpaired) electrons. The number of piperidine rings is 1. The standard InChI is InChI=1S/C22H29N5OS/c1-16-11-13-27(14-12-16)19-15-20(28-18-9-3-2-4-10-18)25-21(24-19)26-22(29)23-17-7-5-6-8-17/h2-4,9-10,15-17H,5-8,11-14H2,1H3,(H2,23,24,25,26,29). The molecule has 0 atom stereocenters. The van der Waals surface area contributed by atoms with Gasteiger partial charge in [0.2, 0.25) is 11.8 Å². The highest BCUT2D eigenvalue weighted by atomic mass is 32.1. The van der Waals surface area contributed by atoms with Crippen LogP contribution in [-0.2, 0) is 0 Å². The molecule has 1 aliphatic heterocycles. The molecule has 6 nitrogen and oxygen atoms in total. The number of para-hydroxylation sites is 1. The van der Waals surface area contributed by atoms with E-state index in [9.17, 15) is 0 Å². The lowest BCUT2D eigenvalue weighted by atomic mass is 9.99. The molecule has 2 heterocycles. The Morgan fingerprint density at radius 2 is 1.79 bits per heavy atom. The van der Waals surface area contributed by atoms with E-state index in [-0.39, 0.29) is 0 Å². The van der Waals surface area contributed by atoms with Gasteiger partial charge in [0.1, 0.15) is 11.6 Å². The van der Waals surface area contributed by atoms with Crippen molar-refractivity contribution in [2.24, 2.45) is 5.92 Å². The molecule has 154 valence electrons. The van der Waals surface area contributed by atoms with Crippen molar-refractivity contribution >= 4 is 29.1 Å². The second-order valence-corrected chi connectivity index (χ2v) is 8.46. The second-order valence-electron chi connectivity index (χ2n) is 8.05. The SMILES string of the molecule is CC1CCN(c2cc(Oc3ccccc3)nc(NC(=S)NC3CCCC3)n2)CC1. The lowest BCUT2D eigenvalue weighted by Gasteiger charge is -2.31. The predicted molar refractivity (Wildman–Crippen MR) is 121 cm³/mol. The Labute approximate surface area is 178 Å². The molecule has 0 amide bonds. The summed E-state index contributed by atoms with van der Waals surface area (Å²) in [6.07, 6.45) is 7.18. The molecule has 7 heteroatoms. The van der Waals surface area contributed by atoms with Gasteiger partial charge in [0, 0.05) is 25.2 Å². The Bertz CT molecular complexity index is 817. The summed E-state index contributed by atoms with van der Waals surface area (Å²) in [6.45, 7) is 4.29.